The Morgan fingerprint density at radius 2 is 2.24 bits per heavy atom. The number of nitrogens with zero attached hydrogens (tertiary/aromatic N) is 2. The van der Waals surface area contributed by atoms with Crippen LogP contribution in [0, 0.1) is 11.3 Å². The molecule has 0 bridgehead atoms. The minimum atomic E-state index is -0.154. The molecule has 1 aromatic rings. The molecule has 112 valence electrons. The molecule has 1 unspecified atom stereocenters. The first-order valence-corrected chi connectivity index (χ1v) is 7.22. The van der Waals surface area contributed by atoms with Gasteiger partial charge in [0.25, 0.3) is 0 Å². The van der Waals surface area contributed by atoms with E-state index in [0.29, 0.717) is 17.9 Å². The molecule has 0 aromatic heterocycles. The summed E-state index contributed by atoms with van der Waals surface area (Å²) < 4.78 is 5.34. The fourth-order valence-electron chi connectivity index (χ4n) is 2.64. The second-order valence-electron chi connectivity index (χ2n) is 5.50. The van der Waals surface area contributed by atoms with Crippen molar-refractivity contribution in [3.63, 3.8) is 0 Å². The summed E-state index contributed by atoms with van der Waals surface area (Å²) in [6.45, 7) is 4.75. The van der Waals surface area contributed by atoms with Crippen LogP contribution in [0.25, 0.3) is 0 Å². The van der Waals surface area contributed by atoms with E-state index in [-0.39, 0.29) is 18.0 Å². The Morgan fingerprint density at radius 3 is 2.86 bits per heavy atom. The van der Waals surface area contributed by atoms with E-state index in [1.54, 1.807) is 30.2 Å². The summed E-state index contributed by atoms with van der Waals surface area (Å²) >= 11 is 0. The SMILES string of the molecule is COc1cc(C#N)ccc1N1CCCC(NC(C)C)C1=O. The molecule has 1 amide bonds. The lowest BCUT2D eigenvalue weighted by atomic mass is 10.0. The van der Waals surface area contributed by atoms with Crippen molar-refractivity contribution < 1.29 is 9.53 Å². The van der Waals surface area contributed by atoms with E-state index in [2.05, 4.69) is 11.4 Å². The van der Waals surface area contributed by atoms with Gasteiger partial charge >= 0.3 is 0 Å². The third kappa shape index (κ3) is 3.34. The van der Waals surface area contributed by atoms with Crippen molar-refractivity contribution in [3.05, 3.63) is 23.8 Å². The molecule has 2 rings (SSSR count). The Labute approximate surface area is 125 Å². The monoisotopic (exact) mass is 287 g/mol. The summed E-state index contributed by atoms with van der Waals surface area (Å²) in [5.41, 5.74) is 1.26. The van der Waals surface area contributed by atoms with E-state index in [1.165, 1.54) is 0 Å². The quantitative estimate of drug-likeness (QED) is 0.920. The van der Waals surface area contributed by atoms with Gasteiger partial charge in [-0.05, 0) is 25.0 Å². The Bertz CT molecular complexity index is 563. The highest BCUT2D eigenvalue weighted by atomic mass is 16.5. The second-order valence-corrected chi connectivity index (χ2v) is 5.50. The van der Waals surface area contributed by atoms with Gasteiger partial charge in [0.15, 0.2) is 0 Å². The fourth-order valence-corrected chi connectivity index (χ4v) is 2.64. The van der Waals surface area contributed by atoms with Gasteiger partial charge in [0.1, 0.15) is 5.75 Å². The van der Waals surface area contributed by atoms with Crippen molar-refractivity contribution in [2.24, 2.45) is 0 Å². The number of ether oxygens (including phenoxy) is 1. The number of amides is 1. The zero-order valence-electron chi connectivity index (χ0n) is 12.7. The van der Waals surface area contributed by atoms with Crippen LogP contribution in [0.1, 0.15) is 32.3 Å². The van der Waals surface area contributed by atoms with Crippen molar-refractivity contribution in [1.82, 2.24) is 5.32 Å². The van der Waals surface area contributed by atoms with Gasteiger partial charge in [0.2, 0.25) is 5.91 Å². The van der Waals surface area contributed by atoms with Gasteiger partial charge in [-0.2, -0.15) is 5.26 Å². The van der Waals surface area contributed by atoms with Crippen LogP contribution in [0.2, 0.25) is 0 Å². The zero-order valence-corrected chi connectivity index (χ0v) is 12.7. The van der Waals surface area contributed by atoms with E-state index in [4.69, 9.17) is 10.00 Å². The first kappa shape index (κ1) is 15.3. The zero-order chi connectivity index (χ0) is 15.4. The molecule has 1 aliphatic heterocycles. The topological polar surface area (TPSA) is 65.4 Å². The summed E-state index contributed by atoms with van der Waals surface area (Å²) in [5.74, 6) is 0.630. The molecule has 0 radical (unpaired) electrons. The smallest absolute Gasteiger partial charge is 0.244 e. The summed E-state index contributed by atoms with van der Waals surface area (Å²) in [4.78, 5) is 14.4. The molecular formula is C16H21N3O2. The molecule has 21 heavy (non-hydrogen) atoms. The highest BCUT2D eigenvalue weighted by Crippen LogP contribution is 2.31. The lowest BCUT2D eigenvalue weighted by molar-refractivity contribution is -0.122. The molecule has 5 nitrogen and oxygen atoms in total. The van der Waals surface area contributed by atoms with E-state index >= 15 is 0 Å². The van der Waals surface area contributed by atoms with Crippen molar-refractivity contribution in [2.45, 2.75) is 38.8 Å². The largest absolute Gasteiger partial charge is 0.495 e. The van der Waals surface area contributed by atoms with Crippen LogP contribution < -0.4 is 15.0 Å². The standard InChI is InChI=1S/C16H21N3O2/c1-11(2)18-13-5-4-8-19(16(13)20)14-7-6-12(10-17)9-15(14)21-3/h6-7,9,11,13,18H,4-5,8H2,1-3H3. The number of hydrogen-bond donors (Lipinski definition) is 1. The number of methoxy groups -OCH3 is 1. The predicted octanol–water partition coefficient (Wildman–Crippen LogP) is 2.06. The number of rotatable bonds is 4. The molecule has 1 saturated heterocycles. The summed E-state index contributed by atoms with van der Waals surface area (Å²) in [6, 6.07) is 7.36. The molecule has 1 aromatic carbocycles. The Kier molecular flexibility index (Phi) is 4.81. The van der Waals surface area contributed by atoms with Gasteiger partial charge in [-0.15, -0.1) is 0 Å². The lowest BCUT2D eigenvalue weighted by Gasteiger charge is -2.34. The predicted molar refractivity (Wildman–Crippen MR) is 81.4 cm³/mol. The highest BCUT2D eigenvalue weighted by Gasteiger charge is 2.31. The average Bonchev–Trinajstić information content (AvgIpc) is 2.48. The molecule has 1 heterocycles. The average molecular weight is 287 g/mol. The summed E-state index contributed by atoms with van der Waals surface area (Å²) in [5, 5.41) is 12.3. The summed E-state index contributed by atoms with van der Waals surface area (Å²) in [6.07, 6.45) is 1.80. The molecule has 0 aliphatic carbocycles. The van der Waals surface area contributed by atoms with Crippen molar-refractivity contribution in [3.8, 4) is 11.8 Å². The minimum absolute atomic E-state index is 0.0676. The van der Waals surface area contributed by atoms with Gasteiger partial charge < -0.3 is 15.0 Å². The van der Waals surface area contributed by atoms with Crippen LogP contribution in [0.4, 0.5) is 5.69 Å². The van der Waals surface area contributed by atoms with Crippen LogP contribution in [0.15, 0.2) is 18.2 Å². The first-order valence-electron chi connectivity index (χ1n) is 7.22. The van der Waals surface area contributed by atoms with Gasteiger partial charge in [-0.25, -0.2) is 0 Å². The number of piperidine rings is 1. The second kappa shape index (κ2) is 6.59. The maximum Gasteiger partial charge on any atom is 0.244 e. The maximum absolute atomic E-state index is 12.6. The van der Waals surface area contributed by atoms with Crippen LogP contribution in [-0.2, 0) is 4.79 Å². The number of hydrogen-bond acceptors (Lipinski definition) is 4. The first-order chi connectivity index (χ1) is 10.1. The number of carbonyl (C=O) groups excluding carboxylic acids is 1. The maximum atomic E-state index is 12.6. The summed E-state index contributed by atoms with van der Waals surface area (Å²) in [7, 11) is 1.55. The Balaban J connectivity index is 2.28. The van der Waals surface area contributed by atoms with Gasteiger partial charge in [-0.3, -0.25) is 4.79 Å². The van der Waals surface area contributed by atoms with Crippen LogP contribution >= 0.6 is 0 Å². The number of carbonyl (C=O) groups is 1. The molecule has 1 fully saturated rings. The third-order valence-corrected chi connectivity index (χ3v) is 3.57. The fraction of sp³-hybridized carbons (Fsp3) is 0.500. The molecule has 5 heteroatoms. The van der Waals surface area contributed by atoms with Gasteiger partial charge in [0, 0.05) is 18.7 Å². The van der Waals surface area contributed by atoms with Crippen LogP contribution in [-0.4, -0.2) is 31.6 Å². The van der Waals surface area contributed by atoms with E-state index in [0.717, 1.165) is 18.5 Å². The molecule has 1 N–H and O–H groups in total. The molecule has 1 atom stereocenters. The van der Waals surface area contributed by atoms with Crippen molar-refractivity contribution in [2.75, 3.05) is 18.6 Å². The Morgan fingerprint density at radius 1 is 1.48 bits per heavy atom. The molecule has 1 aliphatic rings. The molecular weight excluding hydrogens is 266 g/mol. The molecule has 0 spiro atoms. The van der Waals surface area contributed by atoms with E-state index in [9.17, 15) is 4.79 Å². The number of nitrogens with one attached hydrogen (secondary N) is 1. The van der Waals surface area contributed by atoms with Crippen molar-refractivity contribution >= 4 is 11.6 Å². The Hall–Kier alpha value is -2.06. The van der Waals surface area contributed by atoms with E-state index < -0.39 is 0 Å². The highest BCUT2D eigenvalue weighted by molar-refractivity contribution is 5.99. The number of anilines is 1. The van der Waals surface area contributed by atoms with Crippen LogP contribution in [0.3, 0.4) is 0 Å². The lowest BCUT2D eigenvalue weighted by Crippen LogP contribution is -2.52. The number of benzene rings is 1. The van der Waals surface area contributed by atoms with E-state index in [1.807, 2.05) is 13.8 Å². The normalized spacial score (nSPS) is 18.7. The van der Waals surface area contributed by atoms with Gasteiger partial charge in [0.05, 0.1) is 30.5 Å². The number of nitriles is 1. The minimum Gasteiger partial charge on any atom is -0.495 e. The van der Waals surface area contributed by atoms with Crippen LogP contribution in [0.5, 0.6) is 5.75 Å². The third-order valence-electron chi connectivity index (χ3n) is 3.57. The molecule has 0 saturated carbocycles. The van der Waals surface area contributed by atoms with Crippen molar-refractivity contribution in [1.29, 1.82) is 5.26 Å². The van der Waals surface area contributed by atoms with Gasteiger partial charge in [-0.1, -0.05) is 13.8 Å².